The molecular formula is C32H32ClN3O4S. The lowest BCUT2D eigenvalue weighted by Gasteiger charge is -2.33. The van der Waals surface area contributed by atoms with Crippen LogP contribution in [0.2, 0.25) is 5.02 Å². The number of amides is 2. The topological polar surface area (TPSA) is 86.8 Å². The number of carbonyl (C=O) groups excluding carboxylic acids is 2. The van der Waals surface area contributed by atoms with Crippen LogP contribution in [0.5, 0.6) is 0 Å². The minimum Gasteiger partial charge on any atom is -0.357 e. The first kappa shape index (κ1) is 29.8. The summed E-state index contributed by atoms with van der Waals surface area (Å²) in [4.78, 5) is 29.0. The Bertz CT molecular complexity index is 1560. The number of halogens is 1. The molecule has 0 radical (unpaired) electrons. The summed E-state index contributed by atoms with van der Waals surface area (Å²) < 4.78 is 28.9. The molecule has 0 aliphatic rings. The Labute approximate surface area is 246 Å². The molecule has 2 amide bonds. The van der Waals surface area contributed by atoms with Crippen molar-refractivity contribution in [3.8, 4) is 0 Å². The predicted octanol–water partition coefficient (Wildman–Crippen LogP) is 5.23. The fraction of sp³-hybridized carbons (Fsp3) is 0.188. The van der Waals surface area contributed by atoms with Gasteiger partial charge in [-0.25, -0.2) is 8.42 Å². The maximum absolute atomic E-state index is 14.2. The van der Waals surface area contributed by atoms with Gasteiger partial charge in [-0.1, -0.05) is 90.0 Å². The molecule has 1 unspecified atom stereocenters. The maximum Gasteiger partial charge on any atom is 0.264 e. The monoisotopic (exact) mass is 589 g/mol. The highest BCUT2D eigenvalue weighted by atomic mass is 35.5. The van der Waals surface area contributed by atoms with Gasteiger partial charge in [-0.15, -0.1) is 0 Å². The summed E-state index contributed by atoms with van der Waals surface area (Å²) >= 11 is 6.09. The van der Waals surface area contributed by atoms with E-state index < -0.39 is 28.5 Å². The van der Waals surface area contributed by atoms with E-state index in [4.69, 9.17) is 11.6 Å². The predicted molar refractivity (Wildman–Crippen MR) is 162 cm³/mol. The number of benzene rings is 4. The Morgan fingerprint density at radius 3 is 1.98 bits per heavy atom. The molecule has 0 fully saturated rings. The quantitative estimate of drug-likeness (QED) is 0.260. The summed E-state index contributed by atoms with van der Waals surface area (Å²) in [6.45, 7) is 1.44. The van der Waals surface area contributed by atoms with Crippen LogP contribution in [-0.4, -0.2) is 44.8 Å². The number of anilines is 1. The Morgan fingerprint density at radius 2 is 1.39 bits per heavy atom. The molecule has 7 nitrogen and oxygen atoms in total. The van der Waals surface area contributed by atoms with Crippen LogP contribution in [0, 0.1) is 6.92 Å². The van der Waals surface area contributed by atoms with Crippen molar-refractivity contribution in [2.45, 2.75) is 30.8 Å². The second-order valence-corrected chi connectivity index (χ2v) is 11.9. The molecule has 9 heteroatoms. The summed E-state index contributed by atoms with van der Waals surface area (Å²) in [6.07, 6.45) is 0.246. The number of likely N-dealkylation sites (N-methyl/N-ethyl adjacent to an activating group) is 1. The zero-order valence-electron chi connectivity index (χ0n) is 22.9. The third-order valence-electron chi connectivity index (χ3n) is 6.72. The average molecular weight is 590 g/mol. The van der Waals surface area contributed by atoms with E-state index in [9.17, 15) is 18.0 Å². The van der Waals surface area contributed by atoms with E-state index in [1.807, 2.05) is 37.3 Å². The fourth-order valence-electron chi connectivity index (χ4n) is 4.47. The number of hydrogen-bond acceptors (Lipinski definition) is 4. The maximum atomic E-state index is 14.2. The van der Waals surface area contributed by atoms with Gasteiger partial charge in [-0.2, -0.15) is 0 Å². The van der Waals surface area contributed by atoms with E-state index in [1.54, 1.807) is 66.7 Å². The van der Waals surface area contributed by atoms with Gasteiger partial charge in [0.15, 0.2) is 0 Å². The average Bonchev–Trinajstić information content (AvgIpc) is 2.99. The lowest BCUT2D eigenvalue weighted by atomic mass is 10.0. The van der Waals surface area contributed by atoms with E-state index in [-0.39, 0.29) is 23.8 Å². The molecule has 0 spiro atoms. The van der Waals surface area contributed by atoms with Gasteiger partial charge in [0.2, 0.25) is 11.8 Å². The van der Waals surface area contributed by atoms with E-state index in [0.717, 1.165) is 21.0 Å². The molecule has 0 aliphatic heterocycles. The number of hydrogen-bond donors (Lipinski definition) is 1. The molecule has 4 aromatic rings. The molecule has 0 aromatic heterocycles. The first-order chi connectivity index (χ1) is 19.7. The van der Waals surface area contributed by atoms with E-state index in [2.05, 4.69) is 5.32 Å². The number of rotatable bonds is 11. The van der Waals surface area contributed by atoms with Crippen molar-refractivity contribution in [2.75, 3.05) is 17.9 Å². The molecule has 0 saturated heterocycles. The number of para-hydroxylation sites is 1. The standard InChI is InChI=1S/C32H32ClN3O4S/c1-24-13-19-29(20-14-24)41(39,40)36(28-11-7-4-8-12-28)23-31(37)35(22-26-15-17-27(33)18-16-26)30(32(38)34-2)21-25-9-5-3-6-10-25/h3-20,30H,21-23H2,1-2H3,(H,34,38). The van der Waals surface area contributed by atoms with Crippen molar-refractivity contribution in [2.24, 2.45) is 0 Å². The third-order valence-corrected chi connectivity index (χ3v) is 8.76. The largest absolute Gasteiger partial charge is 0.357 e. The van der Waals surface area contributed by atoms with E-state index in [0.29, 0.717) is 10.7 Å². The first-order valence-corrected chi connectivity index (χ1v) is 14.9. The van der Waals surface area contributed by atoms with Gasteiger partial charge in [0.1, 0.15) is 12.6 Å². The Hall–Kier alpha value is -4.14. The van der Waals surface area contributed by atoms with Crippen LogP contribution in [0.3, 0.4) is 0 Å². The lowest BCUT2D eigenvalue weighted by Crippen LogP contribution is -2.53. The van der Waals surface area contributed by atoms with Crippen molar-refractivity contribution in [3.05, 3.63) is 131 Å². The lowest BCUT2D eigenvalue weighted by molar-refractivity contribution is -0.139. The molecule has 1 atom stereocenters. The summed E-state index contributed by atoms with van der Waals surface area (Å²) in [5.41, 5.74) is 2.86. The number of aryl methyl sites for hydroxylation is 1. The molecule has 4 rings (SSSR count). The number of nitrogens with zero attached hydrogens (tertiary/aromatic N) is 2. The van der Waals surface area contributed by atoms with Crippen molar-refractivity contribution in [1.82, 2.24) is 10.2 Å². The van der Waals surface area contributed by atoms with E-state index in [1.165, 1.54) is 24.1 Å². The summed E-state index contributed by atoms with van der Waals surface area (Å²) in [5.74, 6) is -0.882. The normalized spacial score (nSPS) is 11.9. The number of carbonyl (C=O) groups is 2. The molecule has 1 N–H and O–H groups in total. The van der Waals surface area contributed by atoms with Crippen molar-refractivity contribution < 1.29 is 18.0 Å². The molecule has 212 valence electrons. The Balaban J connectivity index is 1.76. The smallest absolute Gasteiger partial charge is 0.264 e. The van der Waals surface area contributed by atoms with Gasteiger partial charge in [0, 0.05) is 25.0 Å². The summed E-state index contributed by atoms with van der Waals surface area (Å²) in [7, 11) is -2.60. The van der Waals surface area contributed by atoms with E-state index >= 15 is 0 Å². The van der Waals surface area contributed by atoms with Gasteiger partial charge in [0.25, 0.3) is 10.0 Å². The second kappa shape index (κ2) is 13.5. The van der Waals surface area contributed by atoms with Crippen LogP contribution >= 0.6 is 11.6 Å². The number of sulfonamides is 1. The van der Waals surface area contributed by atoms with Crippen molar-refractivity contribution in [3.63, 3.8) is 0 Å². The molecule has 41 heavy (non-hydrogen) atoms. The molecule has 0 saturated carbocycles. The van der Waals surface area contributed by atoms with Crippen LogP contribution in [0.15, 0.2) is 114 Å². The highest BCUT2D eigenvalue weighted by Crippen LogP contribution is 2.25. The van der Waals surface area contributed by atoms with Gasteiger partial charge in [0.05, 0.1) is 10.6 Å². The number of nitrogens with one attached hydrogen (secondary N) is 1. The Kier molecular flexibility index (Phi) is 9.81. The van der Waals surface area contributed by atoms with Crippen LogP contribution < -0.4 is 9.62 Å². The molecule has 0 heterocycles. The zero-order valence-corrected chi connectivity index (χ0v) is 24.5. The van der Waals surface area contributed by atoms with Crippen LogP contribution in [0.25, 0.3) is 0 Å². The Morgan fingerprint density at radius 1 is 0.805 bits per heavy atom. The molecule has 0 bridgehead atoms. The van der Waals surface area contributed by atoms with Gasteiger partial charge >= 0.3 is 0 Å². The molecule has 0 aliphatic carbocycles. The second-order valence-electron chi connectivity index (χ2n) is 9.63. The van der Waals surface area contributed by atoms with Crippen LogP contribution in [0.1, 0.15) is 16.7 Å². The molecule has 4 aromatic carbocycles. The zero-order chi connectivity index (χ0) is 29.4. The molecular weight excluding hydrogens is 558 g/mol. The summed E-state index contributed by atoms with van der Waals surface area (Å²) in [6, 6.07) is 30.4. The van der Waals surface area contributed by atoms with Gasteiger partial charge in [-0.05, 0) is 54.4 Å². The summed E-state index contributed by atoms with van der Waals surface area (Å²) in [5, 5.41) is 3.22. The third kappa shape index (κ3) is 7.54. The minimum absolute atomic E-state index is 0.0659. The minimum atomic E-state index is -4.12. The highest BCUT2D eigenvalue weighted by molar-refractivity contribution is 7.92. The van der Waals surface area contributed by atoms with Gasteiger partial charge < -0.3 is 10.2 Å². The van der Waals surface area contributed by atoms with Gasteiger partial charge in [-0.3, -0.25) is 13.9 Å². The SMILES string of the molecule is CNC(=O)C(Cc1ccccc1)N(Cc1ccc(Cl)cc1)C(=O)CN(c1ccccc1)S(=O)(=O)c1ccc(C)cc1. The van der Waals surface area contributed by atoms with Crippen molar-refractivity contribution >= 4 is 39.1 Å². The van der Waals surface area contributed by atoms with Crippen LogP contribution in [0.4, 0.5) is 5.69 Å². The fourth-order valence-corrected chi connectivity index (χ4v) is 6.01. The van der Waals surface area contributed by atoms with Crippen LogP contribution in [-0.2, 0) is 32.6 Å². The first-order valence-electron chi connectivity index (χ1n) is 13.1. The highest BCUT2D eigenvalue weighted by Gasteiger charge is 2.34. The van der Waals surface area contributed by atoms with Crippen molar-refractivity contribution in [1.29, 1.82) is 0 Å².